The zero-order valence-corrected chi connectivity index (χ0v) is 15.2. The summed E-state index contributed by atoms with van der Waals surface area (Å²) in [7, 11) is 0. The Kier molecular flexibility index (Phi) is 4.93. The fourth-order valence-corrected chi connectivity index (χ4v) is 3.42. The van der Waals surface area contributed by atoms with Crippen molar-refractivity contribution in [2.75, 3.05) is 0 Å². The number of nitrogens with zero attached hydrogens (tertiary/aromatic N) is 6. The maximum absolute atomic E-state index is 13.3. The number of pyridine rings is 1. The van der Waals surface area contributed by atoms with E-state index in [2.05, 4.69) is 25.3 Å². The van der Waals surface area contributed by atoms with Crippen molar-refractivity contribution in [2.45, 2.75) is 24.4 Å². The van der Waals surface area contributed by atoms with Crippen LogP contribution in [-0.4, -0.2) is 29.9 Å². The highest BCUT2D eigenvalue weighted by molar-refractivity contribution is 7.98. The molecule has 0 unspecified atom stereocenters. The molecule has 0 spiro atoms. The Bertz CT molecular complexity index is 1050. The van der Waals surface area contributed by atoms with Crippen molar-refractivity contribution in [3.63, 3.8) is 0 Å². The molecular formula is C18H15FN6OS. The van der Waals surface area contributed by atoms with Gasteiger partial charge in [0.2, 0.25) is 0 Å². The zero-order chi connectivity index (χ0) is 18.6. The predicted octanol–water partition coefficient (Wildman–Crippen LogP) is 3.84. The van der Waals surface area contributed by atoms with Crippen LogP contribution >= 0.6 is 11.8 Å². The Morgan fingerprint density at radius 3 is 2.74 bits per heavy atom. The van der Waals surface area contributed by atoms with Crippen LogP contribution in [0.2, 0.25) is 0 Å². The fraction of sp³-hybridized carbons (Fsp3) is 0.167. The molecule has 9 heteroatoms. The number of hydrogen-bond donors (Lipinski definition) is 0. The van der Waals surface area contributed by atoms with Crippen molar-refractivity contribution in [3.05, 3.63) is 60.4 Å². The molecule has 0 fully saturated rings. The summed E-state index contributed by atoms with van der Waals surface area (Å²) in [5, 5.41) is 13.3. The van der Waals surface area contributed by atoms with Gasteiger partial charge in [-0.15, -0.1) is 10.2 Å². The summed E-state index contributed by atoms with van der Waals surface area (Å²) in [6, 6.07) is 9.85. The third kappa shape index (κ3) is 3.72. The van der Waals surface area contributed by atoms with Crippen LogP contribution in [0.5, 0.6) is 0 Å². The SMILES string of the molecule is CCn1c(SCc2noc(-c3cccc(F)c3)n2)nnc1-c1ccncc1. The van der Waals surface area contributed by atoms with Gasteiger partial charge in [0.1, 0.15) is 5.82 Å². The smallest absolute Gasteiger partial charge is 0.258 e. The van der Waals surface area contributed by atoms with Crippen molar-refractivity contribution in [1.29, 1.82) is 0 Å². The van der Waals surface area contributed by atoms with Crippen molar-refractivity contribution in [1.82, 2.24) is 29.9 Å². The van der Waals surface area contributed by atoms with E-state index in [0.717, 1.165) is 23.1 Å². The molecule has 0 N–H and O–H groups in total. The predicted molar refractivity (Wildman–Crippen MR) is 98.2 cm³/mol. The molecule has 0 aliphatic carbocycles. The molecular weight excluding hydrogens is 367 g/mol. The molecule has 1 aromatic carbocycles. The zero-order valence-electron chi connectivity index (χ0n) is 14.4. The lowest BCUT2D eigenvalue weighted by Crippen LogP contribution is -2.00. The van der Waals surface area contributed by atoms with Crippen molar-refractivity contribution in [2.24, 2.45) is 0 Å². The standard InChI is InChI=1S/C18H15FN6OS/c1-2-25-16(12-6-8-20-9-7-12)22-23-18(25)27-11-15-21-17(26-24-15)13-4-3-5-14(19)10-13/h3-10H,2,11H2,1H3. The van der Waals surface area contributed by atoms with Gasteiger partial charge in [-0.1, -0.05) is 23.0 Å². The maximum Gasteiger partial charge on any atom is 0.258 e. The number of benzene rings is 1. The quantitative estimate of drug-likeness (QED) is 0.469. The fourth-order valence-electron chi connectivity index (χ4n) is 2.58. The van der Waals surface area contributed by atoms with Crippen molar-refractivity contribution >= 4 is 11.8 Å². The molecule has 0 atom stereocenters. The first-order valence-corrected chi connectivity index (χ1v) is 9.28. The highest BCUT2D eigenvalue weighted by Gasteiger charge is 2.15. The molecule has 0 bridgehead atoms. The lowest BCUT2D eigenvalue weighted by molar-refractivity contribution is 0.425. The van der Waals surface area contributed by atoms with E-state index in [-0.39, 0.29) is 5.82 Å². The number of halogens is 1. The lowest BCUT2D eigenvalue weighted by Gasteiger charge is -2.06. The van der Waals surface area contributed by atoms with Gasteiger partial charge in [-0.25, -0.2) is 4.39 Å². The molecule has 0 saturated heterocycles. The van der Waals surface area contributed by atoms with Crippen LogP contribution in [0.15, 0.2) is 58.5 Å². The minimum atomic E-state index is -0.346. The topological polar surface area (TPSA) is 82.5 Å². The Morgan fingerprint density at radius 1 is 1.11 bits per heavy atom. The summed E-state index contributed by atoms with van der Waals surface area (Å²) in [6.45, 7) is 2.77. The minimum absolute atomic E-state index is 0.291. The molecule has 4 aromatic rings. The molecule has 27 heavy (non-hydrogen) atoms. The molecule has 4 rings (SSSR count). The van der Waals surface area contributed by atoms with Gasteiger partial charge < -0.3 is 9.09 Å². The second kappa shape index (κ2) is 7.67. The average Bonchev–Trinajstić information content (AvgIpc) is 3.34. The maximum atomic E-state index is 13.3. The van der Waals surface area contributed by atoms with E-state index in [4.69, 9.17) is 4.52 Å². The van der Waals surface area contributed by atoms with Gasteiger partial charge in [-0.05, 0) is 37.3 Å². The first-order valence-electron chi connectivity index (χ1n) is 8.29. The number of thioether (sulfide) groups is 1. The van der Waals surface area contributed by atoms with Crippen LogP contribution in [-0.2, 0) is 12.3 Å². The molecule has 0 amide bonds. The van der Waals surface area contributed by atoms with E-state index < -0.39 is 0 Å². The second-order valence-electron chi connectivity index (χ2n) is 5.60. The normalized spacial score (nSPS) is 11.0. The van der Waals surface area contributed by atoms with Gasteiger partial charge >= 0.3 is 0 Å². The van der Waals surface area contributed by atoms with Crippen molar-refractivity contribution in [3.8, 4) is 22.8 Å². The van der Waals surface area contributed by atoms with E-state index in [9.17, 15) is 4.39 Å². The first-order chi connectivity index (χ1) is 13.2. The minimum Gasteiger partial charge on any atom is -0.334 e. The van der Waals surface area contributed by atoms with Gasteiger partial charge in [0, 0.05) is 30.1 Å². The van der Waals surface area contributed by atoms with E-state index in [1.54, 1.807) is 24.5 Å². The third-order valence-electron chi connectivity index (χ3n) is 3.84. The van der Waals surface area contributed by atoms with E-state index in [1.807, 2.05) is 23.6 Å². The largest absolute Gasteiger partial charge is 0.334 e. The summed E-state index contributed by atoms with van der Waals surface area (Å²) >= 11 is 1.47. The number of rotatable bonds is 6. The van der Waals surface area contributed by atoms with E-state index >= 15 is 0 Å². The summed E-state index contributed by atoms with van der Waals surface area (Å²) in [5.41, 5.74) is 1.51. The molecule has 0 saturated carbocycles. The van der Waals surface area contributed by atoms with Crippen LogP contribution in [0.1, 0.15) is 12.7 Å². The lowest BCUT2D eigenvalue weighted by atomic mass is 10.2. The summed E-state index contributed by atoms with van der Waals surface area (Å²) in [5.74, 6) is 1.71. The van der Waals surface area contributed by atoms with Gasteiger partial charge in [-0.3, -0.25) is 4.98 Å². The van der Waals surface area contributed by atoms with Gasteiger partial charge in [0.15, 0.2) is 16.8 Å². The van der Waals surface area contributed by atoms with Gasteiger partial charge in [0.05, 0.1) is 5.75 Å². The number of aromatic nitrogens is 6. The highest BCUT2D eigenvalue weighted by atomic mass is 32.2. The summed E-state index contributed by atoms with van der Waals surface area (Å²) < 4.78 is 20.6. The van der Waals surface area contributed by atoms with Crippen LogP contribution in [0.3, 0.4) is 0 Å². The van der Waals surface area contributed by atoms with Crippen LogP contribution in [0.25, 0.3) is 22.8 Å². The van der Waals surface area contributed by atoms with Crippen molar-refractivity contribution < 1.29 is 8.91 Å². The number of hydrogen-bond acceptors (Lipinski definition) is 7. The van der Waals surface area contributed by atoms with Crippen LogP contribution in [0, 0.1) is 5.82 Å². The second-order valence-corrected chi connectivity index (χ2v) is 6.54. The first kappa shape index (κ1) is 17.3. The van der Waals surface area contributed by atoms with Crippen LogP contribution < -0.4 is 0 Å². The molecule has 136 valence electrons. The molecule has 3 heterocycles. The molecule has 7 nitrogen and oxygen atoms in total. The average molecular weight is 382 g/mol. The van der Waals surface area contributed by atoms with Gasteiger partial charge in [-0.2, -0.15) is 4.98 Å². The summed E-state index contributed by atoms with van der Waals surface area (Å²) in [4.78, 5) is 8.35. The Morgan fingerprint density at radius 2 is 1.96 bits per heavy atom. The molecule has 3 aromatic heterocycles. The Balaban J connectivity index is 1.51. The van der Waals surface area contributed by atoms with Gasteiger partial charge in [0.25, 0.3) is 5.89 Å². The molecule has 0 aliphatic rings. The third-order valence-corrected chi connectivity index (χ3v) is 4.80. The van der Waals surface area contributed by atoms with E-state index in [0.29, 0.717) is 23.0 Å². The highest BCUT2D eigenvalue weighted by Crippen LogP contribution is 2.26. The molecule has 0 radical (unpaired) electrons. The Hall–Kier alpha value is -3.07. The molecule has 0 aliphatic heterocycles. The van der Waals surface area contributed by atoms with E-state index in [1.165, 1.54) is 23.9 Å². The summed E-state index contributed by atoms with van der Waals surface area (Å²) in [6.07, 6.45) is 3.45. The monoisotopic (exact) mass is 382 g/mol. The Labute approximate surface area is 158 Å². The van der Waals surface area contributed by atoms with Crippen LogP contribution in [0.4, 0.5) is 4.39 Å².